The molecular weight excluding hydrogens is 270 g/mol. The van der Waals surface area contributed by atoms with Crippen LogP contribution in [0.4, 0.5) is 0 Å². The van der Waals surface area contributed by atoms with Crippen molar-refractivity contribution in [2.24, 2.45) is 12.0 Å². The molecule has 0 fully saturated rings. The van der Waals surface area contributed by atoms with Gasteiger partial charge in [-0.15, -0.1) is 0 Å². The first kappa shape index (κ1) is 10.8. The summed E-state index contributed by atoms with van der Waals surface area (Å²) in [6.45, 7) is 0. The van der Waals surface area contributed by atoms with Crippen LogP contribution >= 0.6 is 15.9 Å². The smallest absolute Gasteiger partial charge is 0.145 e. The molecule has 2 heterocycles. The van der Waals surface area contributed by atoms with Crippen LogP contribution in [0.15, 0.2) is 33.9 Å². The number of aromatic nitrogens is 2. The Kier molecular flexibility index (Phi) is 3.00. The first-order chi connectivity index (χ1) is 7.70. The van der Waals surface area contributed by atoms with E-state index >= 15 is 0 Å². The lowest BCUT2D eigenvalue weighted by Crippen LogP contribution is -2.11. The lowest BCUT2D eigenvalue weighted by atomic mass is 10.1. The van der Waals surface area contributed by atoms with Crippen molar-refractivity contribution in [2.45, 2.75) is 0 Å². The molecule has 0 atom stereocenters. The van der Waals surface area contributed by atoms with Gasteiger partial charge in [-0.25, -0.2) is 4.99 Å². The molecule has 5 nitrogen and oxygen atoms in total. The van der Waals surface area contributed by atoms with E-state index in [1.807, 2.05) is 19.4 Å². The molecule has 1 aliphatic heterocycles. The fourth-order valence-corrected chi connectivity index (χ4v) is 1.50. The summed E-state index contributed by atoms with van der Waals surface area (Å²) in [5.41, 5.74) is 1.96. The third kappa shape index (κ3) is 2.11. The lowest BCUT2D eigenvalue weighted by molar-refractivity contribution is 0.767. The van der Waals surface area contributed by atoms with Crippen molar-refractivity contribution in [1.29, 1.82) is 5.41 Å². The van der Waals surface area contributed by atoms with Crippen molar-refractivity contribution in [3.63, 3.8) is 0 Å². The highest BCUT2D eigenvalue weighted by atomic mass is 79.9. The number of nitrogens with zero attached hydrogens (tertiary/aromatic N) is 3. The third-order valence-corrected chi connectivity index (χ3v) is 2.69. The van der Waals surface area contributed by atoms with E-state index in [0.717, 1.165) is 11.1 Å². The maximum Gasteiger partial charge on any atom is 0.145 e. The summed E-state index contributed by atoms with van der Waals surface area (Å²) in [6.07, 6.45) is 8.47. The van der Waals surface area contributed by atoms with E-state index in [2.05, 4.69) is 31.3 Å². The Morgan fingerprint density at radius 1 is 1.62 bits per heavy atom. The second-order valence-corrected chi connectivity index (χ2v) is 4.10. The number of allylic oxidation sites excluding steroid dienone is 2. The topological polar surface area (TPSA) is 66.1 Å². The van der Waals surface area contributed by atoms with Crippen molar-refractivity contribution >= 4 is 33.9 Å². The molecule has 0 spiro atoms. The summed E-state index contributed by atoms with van der Waals surface area (Å²) in [6, 6.07) is 0. The van der Waals surface area contributed by atoms with Gasteiger partial charge in [0.1, 0.15) is 5.82 Å². The highest BCUT2D eigenvalue weighted by molar-refractivity contribution is 9.12. The first-order valence-electron chi connectivity index (χ1n) is 4.61. The van der Waals surface area contributed by atoms with Crippen LogP contribution in [0, 0.1) is 5.41 Å². The minimum absolute atomic E-state index is 0.616. The van der Waals surface area contributed by atoms with Crippen LogP contribution in [-0.4, -0.2) is 22.2 Å². The van der Waals surface area contributed by atoms with E-state index < -0.39 is 0 Å². The van der Waals surface area contributed by atoms with Crippen LogP contribution in [0.1, 0.15) is 5.56 Å². The van der Waals surface area contributed by atoms with Gasteiger partial charge in [0.05, 0.1) is 10.7 Å². The van der Waals surface area contributed by atoms with Crippen molar-refractivity contribution in [1.82, 2.24) is 15.1 Å². The monoisotopic (exact) mass is 279 g/mol. The molecule has 2 N–H and O–H groups in total. The van der Waals surface area contributed by atoms with Crippen LogP contribution < -0.4 is 5.32 Å². The molecular formula is C10H10BrN5. The van der Waals surface area contributed by atoms with Gasteiger partial charge < -0.3 is 10.7 Å². The Bertz CT molecular complexity index is 509. The molecule has 0 amide bonds. The molecule has 0 unspecified atom stereocenters. The largest absolute Gasteiger partial charge is 0.345 e. The van der Waals surface area contributed by atoms with Gasteiger partial charge in [0.15, 0.2) is 0 Å². The standard InChI is InChI=1S/C10H10BrN5/c1-16-6-8(5-15-16)7-3-13-10(14-4-7)9(11)2-12/h2-6,12-13H,1H3/b10-9-,12-2?. The summed E-state index contributed by atoms with van der Waals surface area (Å²) in [5, 5.41) is 14.2. The van der Waals surface area contributed by atoms with Gasteiger partial charge >= 0.3 is 0 Å². The summed E-state index contributed by atoms with van der Waals surface area (Å²) in [5.74, 6) is 0.627. The summed E-state index contributed by atoms with van der Waals surface area (Å²) < 4.78 is 2.35. The minimum Gasteiger partial charge on any atom is -0.345 e. The summed E-state index contributed by atoms with van der Waals surface area (Å²) >= 11 is 3.23. The van der Waals surface area contributed by atoms with Crippen LogP contribution in [0.25, 0.3) is 5.57 Å². The molecule has 0 bridgehead atoms. The Balaban J connectivity index is 2.23. The average Bonchev–Trinajstić information content (AvgIpc) is 2.75. The van der Waals surface area contributed by atoms with Gasteiger partial charge in [-0.3, -0.25) is 4.68 Å². The highest BCUT2D eigenvalue weighted by Crippen LogP contribution is 2.17. The number of nitrogens with one attached hydrogen (secondary N) is 2. The molecule has 1 aromatic heterocycles. The molecule has 1 aromatic rings. The molecule has 1 aliphatic rings. The maximum atomic E-state index is 7.08. The normalized spacial score (nSPS) is 17.8. The van der Waals surface area contributed by atoms with E-state index in [1.165, 1.54) is 6.21 Å². The predicted octanol–water partition coefficient (Wildman–Crippen LogP) is 1.65. The SMILES string of the molecule is Cn1cc(C2=CN/C(=C(/Br)C=N)N=C2)cn1. The number of hydrogen-bond acceptors (Lipinski definition) is 4. The molecule has 0 radical (unpaired) electrons. The van der Waals surface area contributed by atoms with E-state index in [0.29, 0.717) is 10.3 Å². The number of hydrogen-bond donors (Lipinski definition) is 2. The first-order valence-corrected chi connectivity index (χ1v) is 5.40. The molecule has 0 aromatic carbocycles. The van der Waals surface area contributed by atoms with E-state index in [4.69, 9.17) is 5.41 Å². The molecule has 0 aliphatic carbocycles. The summed E-state index contributed by atoms with van der Waals surface area (Å²) in [7, 11) is 1.87. The number of rotatable bonds is 2. The zero-order valence-electron chi connectivity index (χ0n) is 8.61. The molecule has 0 saturated heterocycles. The highest BCUT2D eigenvalue weighted by Gasteiger charge is 2.07. The molecule has 6 heteroatoms. The van der Waals surface area contributed by atoms with Gasteiger partial charge in [-0.1, -0.05) is 0 Å². The Morgan fingerprint density at radius 2 is 2.44 bits per heavy atom. The number of halogens is 1. The average molecular weight is 280 g/mol. The lowest BCUT2D eigenvalue weighted by Gasteiger charge is -2.09. The van der Waals surface area contributed by atoms with Crippen molar-refractivity contribution in [2.75, 3.05) is 0 Å². The summed E-state index contributed by atoms with van der Waals surface area (Å²) in [4.78, 5) is 4.21. The van der Waals surface area contributed by atoms with E-state index in [-0.39, 0.29) is 0 Å². The Hall–Kier alpha value is -1.69. The minimum atomic E-state index is 0.616. The Morgan fingerprint density at radius 3 is 2.94 bits per heavy atom. The molecule has 0 saturated carbocycles. The van der Waals surface area contributed by atoms with Gasteiger partial charge in [-0.05, 0) is 15.9 Å². The van der Waals surface area contributed by atoms with Gasteiger partial charge in [-0.2, -0.15) is 5.10 Å². The van der Waals surface area contributed by atoms with Crippen molar-refractivity contribution < 1.29 is 0 Å². The van der Waals surface area contributed by atoms with Crippen LogP contribution in [0.2, 0.25) is 0 Å². The van der Waals surface area contributed by atoms with Gasteiger partial charge in [0.2, 0.25) is 0 Å². The second-order valence-electron chi connectivity index (χ2n) is 3.25. The van der Waals surface area contributed by atoms with Crippen LogP contribution in [0.3, 0.4) is 0 Å². The van der Waals surface area contributed by atoms with E-state index in [1.54, 1.807) is 17.1 Å². The zero-order valence-corrected chi connectivity index (χ0v) is 10.2. The quantitative estimate of drug-likeness (QED) is 0.809. The fraction of sp³-hybridized carbons (Fsp3) is 0.100. The van der Waals surface area contributed by atoms with Crippen molar-refractivity contribution in [3.8, 4) is 0 Å². The fourth-order valence-electron chi connectivity index (χ4n) is 1.28. The van der Waals surface area contributed by atoms with Gasteiger partial charge in [0.25, 0.3) is 0 Å². The molecule has 82 valence electrons. The molecule has 2 rings (SSSR count). The number of aryl methyl sites for hydroxylation is 1. The second kappa shape index (κ2) is 4.44. The van der Waals surface area contributed by atoms with Crippen LogP contribution in [-0.2, 0) is 7.05 Å². The predicted molar refractivity (Wildman–Crippen MR) is 67.5 cm³/mol. The molecule has 16 heavy (non-hydrogen) atoms. The third-order valence-electron chi connectivity index (χ3n) is 2.09. The van der Waals surface area contributed by atoms with E-state index in [9.17, 15) is 0 Å². The van der Waals surface area contributed by atoms with Crippen molar-refractivity contribution in [3.05, 3.63) is 34.5 Å². The maximum absolute atomic E-state index is 7.08. The number of aliphatic imine (C=N–C) groups is 1. The van der Waals surface area contributed by atoms with Crippen LogP contribution in [0.5, 0.6) is 0 Å². The zero-order chi connectivity index (χ0) is 11.5. The van der Waals surface area contributed by atoms with Gasteiger partial charge in [0, 0.05) is 43.0 Å². The Labute approximate surface area is 101 Å².